The maximum Gasteiger partial charge on any atom is 0.150 e. The summed E-state index contributed by atoms with van der Waals surface area (Å²) in [5.74, 6) is 2.26. The van der Waals surface area contributed by atoms with Gasteiger partial charge in [-0.2, -0.15) is 0 Å². The number of thiazole rings is 1. The van der Waals surface area contributed by atoms with Gasteiger partial charge >= 0.3 is 0 Å². The number of aryl methyl sites for hydroxylation is 3. The Balaban J connectivity index is 0. The smallest absolute Gasteiger partial charge is 0.150 e. The van der Waals surface area contributed by atoms with Gasteiger partial charge in [-0.25, -0.2) is 4.98 Å². The molecule has 1 atom stereocenters. The summed E-state index contributed by atoms with van der Waals surface area (Å²) in [5, 5.41) is 10.2. The molecule has 0 radical (unpaired) electrons. The normalized spacial score (nSPS) is 9.70. The second-order valence-corrected chi connectivity index (χ2v) is 5.66. The van der Waals surface area contributed by atoms with E-state index in [1.807, 2.05) is 52.8 Å². The Morgan fingerprint density at radius 1 is 1.22 bits per heavy atom. The van der Waals surface area contributed by atoms with Crippen molar-refractivity contribution in [1.29, 1.82) is 0 Å². The van der Waals surface area contributed by atoms with Crippen LogP contribution in [0.1, 0.15) is 61.5 Å². The van der Waals surface area contributed by atoms with Gasteiger partial charge in [0.1, 0.15) is 0 Å². The fourth-order valence-electron chi connectivity index (χ4n) is 1.32. The first kappa shape index (κ1) is 23.6. The second kappa shape index (κ2) is 15.2. The van der Waals surface area contributed by atoms with Crippen LogP contribution >= 0.6 is 11.3 Å². The molecule has 0 aromatic carbocycles. The summed E-state index contributed by atoms with van der Waals surface area (Å²) in [6.07, 6.45) is 7.31. The third-order valence-corrected chi connectivity index (χ3v) is 3.28. The fourth-order valence-corrected chi connectivity index (χ4v) is 2.20. The molecule has 0 aliphatic rings. The van der Waals surface area contributed by atoms with Crippen LogP contribution in [0.2, 0.25) is 0 Å². The lowest BCUT2D eigenvalue weighted by atomic mass is 10.3. The minimum Gasteiger partial charge on any atom is -0.375 e. The number of nitrogens with zero attached hydrogens (tertiary/aromatic N) is 2. The molecular formula is C19H30N2OS. The number of aromatic nitrogens is 2. The van der Waals surface area contributed by atoms with Crippen LogP contribution < -0.4 is 0 Å². The number of hydrogen-bond acceptors (Lipinski definition) is 4. The van der Waals surface area contributed by atoms with E-state index in [1.54, 1.807) is 6.20 Å². The molecule has 0 saturated carbocycles. The second-order valence-electron chi connectivity index (χ2n) is 4.43. The van der Waals surface area contributed by atoms with Crippen LogP contribution in [-0.4, -0.2) is 15.1 Å². The van der Waals surface area contributed by atoms with Crippen molar-refractivity contribution < 1.29 is 5.11 Å². The van der Waals surface area contributed by atoms with Crippen molar-refractivity contribution in [3.8, 4) is 12.3 Å². The molecule has 1 N–H and O–H groups in total. The Hall–Kier alpha value is -1.70. The van der Waals surface area contributed by atoms with Gasteiger partial charge in [0.15, 0.2) is 6.10 Å². The van der Waals surface area contributed by atoms with E-state index in [1.165, 1.54) is 17.8 Å². The van der Waals surface area contributed by atoms with Crippen molar-refractivity contribution in [3.05, 3.63) is 45.7 Å². The van der Waals surface area contributed by atoms with Gasteiger partial charge in [0.05, 0.1) is 15.6 Å². The van der Waals surface area contributed by atoms with Crippen LogP contribution in [0.25, 0.3) is 0 Å². The Labute approximate surface area is 145 Å². The van der Waals surface area contributed by atoms with E-state index in [9.17, 15) is 5.11 Å². The molecule has 0 spiro atoms. The summed E-state index contributed by atoms with van der Waals surface area (Å²) in [6, 6.07) is 5.86. The van der Waals surface area contributed by atoms with E-state index in [0.717, 1.165) is 21.3 Å². The molecule has 0 saturated heterocycles. The van der Waals surface area contributed by atoms with Crippen LogP contribution in [0.5, 0.6) is 0 Å². The number of rotatable bonds is 1. The minimum atomic E-state index is -0.791. The van der Waals surface area contributed by atoms with E-state index in [2.05, 4.69) is 29.7 Å². The molecule has 0 aliphatic carbocycles. The van der Waals surface area contributed by atoms with Gasteiger partial charge in [-0.05, 0) is 32.9 Å². The number of hydrogen-bond donors (Lipinski definition) is 1. The Morgan fingerprint density at radius 2 is 1.78 bits per heavy atom. The summed E-state index contributed by atoms with van der Waals surface area (Å²) in [4.78, 5) is 8.90. The molecular weight excluding hydrogens is 304 g/mol. The van der Waals surface area contributed by atoms with Crippen LogP contribution in [0.15, 0.2) is 24.4 Å². The maximum atomic E-state index is 9.26. The van der Waals surface area contributed by atoms with Gasteiger partial charge in [0.2, 0.25) is 0 Å². The highest BCUT2D eigenvalue weighted by molar-refractivity contribution is 7.11. The van der Waals surface area contributed by atoms with E-state index in [4.69, 9.17) is 6.42 Å². The third kappa shape index (κ3) is 11.5. The number of aliphatic hydroxyl groups is 1. The van der Waals surface area contributed by atoms with Gasteiger partial charge in [0, 0.05) is 11.9 Å². The summed E-state index contributed by atoms with van der Waals surface area (Å²) in [6.45, 7) is 14.0. The molecule has 0 fully saturated rings. The lowest BCUT2D eigenvalue weighted by Crippen LogP contribution is -1.91. The minimum absolute atomic E-state index is 0.782. The predicted octanol–water partition coefficient (Wildman–Crippen LogP) is 5.26. The van der Waals surface area contributed by atoms with Crippen molar-refractivity contribution in [1.82, 2.24) is 9.97 Å². The Morgan fingerprint density at radius 3 is 2.04 bits per heavy atom. The molecule has 2 aromatic heterocycles. The number of terminal acetylenes is 1. The lowest BCUT2D eigenvalue weighted by Gasteiger charge is -1.97. The molecule has 128 valence electrons. The zero-order valence-corrected chi connectivity index (χ0v) is 16.2. The first-order valence-corrected chi connectivity index (χ1v) is 8.73. The lowest BCUT2D eigenvalue weighted by molar-refractivity contribution is 0.241. The average Bonchev–Trinajstić information content (AvgIpc) is 2.89. The Bertz CT molecular complexity index is 544. The summed E-state index contributed by atoms with van der Waals surface area (Å²) in [7, 11) is 0. The third-order valence-electron chi connectivity index (χ3n) is 2.16. The highest BCUT2D eigenvalue weighted by Gasteiger charge is 2.11. The fraction of sp³-hybridized carbons (Fsp3) is 0.474. The van der Waals surface area contributed by atoms with Crippen LogP contribution in [0.4, 0.5) is 0 Å². The zero-order valence-electron chi connectivity index (χ0n) is 15.4. The SMILES string of the molecule is C#CC(O)c1sc(C)nc1C.CC.CCC.Cc1ccccn1. The first-order valence-electron chi connectivity index (χ1n) is 7.91. The van der Waals surface area contributed by atoms with E-state index in [-0.39, 0.29) is 0 Å². The standard InChI is InChI=1S/C8H9NOS.C6H7N.C3H8.C2H6/c1-4-7(10)8-5(2)9-6(3)11-8;1-6-4-2-3-5-7-6;1-3-2;1-2/h1,7,10H,2-3H3;2-5H,1H3;3H2,1-2H3;1-2H3. The molecule has 23 heavy (non-hydrogen) atoms. The highest BCUT2D eigenvalue weighted by atomic mass is 32.1. The highest BCUT2D eigenvalue weighted by Crippen LogP contribution is 2.23. The molecule has 3 nitrogen and oxygen atoms in total. The van der Waals surface area contributed by atoms with Gasteiger partial charge in [-0.3, -0.25) is 4.98 Å². The van der Waals surface area contributed by atoms with Crippen molar-refractivity contribution >= 4 is 11.3 Å². The molecule has 0 bridgehead atoms. The molecule has 2 heterocycles. The maximum absolute atomic E-state index is 9.26. The van der Waals surface area contributed by atoms with Crippen LogP contribution in [-0.2, 0) is 0 Å². The van der Waals surface area contributed by atoms with E-state index >= 15 is 0 Å². The molecule has 2 aromatic rings. The van der Waals surface area contributed by atoms with Crippen molar-refractivity contribution in [3.63, 3.8) is 0 Å². The predicted molar refractivity (Wildman–Crippen MR) is 102 cm³/mol. The monoisotopic (exact) mass is 334 g/mol. The number of aliphatic hydroxyl groups excluding tert-OH is 1. The molecule has 2 rings (SSSR count). The van der Waals surface area contributed by atoms with E-state index in [0.29, 0.717) is 0 Å². The van der Waals surface area contributed by atoms with Crippen molar-refractivity contribution in [2.75, 3.05) is 0 Å². The Kier molecular flexibility index (Phi) is 15.6. The van der Waals surface area contributed by atoms with Gasteiger partial charge in [0.25, 0.3) is 0 Å². The number of pyridine rings is 1. The van der Waals surface area contributed by atoms with Gasteiger partial charge < -0.3 is 5.11 Å². The zero-order chi connectivity index (χ0) is 18.3. The van der Waals surface area contributed by atoms with Gasteiger partial charge in [-0.15, -0.1) is 17.8 Å². The molecule has 0 amide bonds. The van der Waals surface area contributed by atoms with Crippen LogP contribution in [0.3, 0.4) is 0 Å². The quantitative estimate of drug-likeness (QED) is 0.724. The van der Waals surface area contributed by atoms with Crippen LogP contribution in [0, 0.1) is 33.1 Å². The summed E-state index contributed by atoms with van der Waals surface area (Å²) in [5.41, 5.74) is 1.90. The largest absolute Gasteiger partial charge is 0.375 e. The van der Waals surface area contributed by atoms with Crippen molar-refractivity contribution in [2.24, 2.45) is 0 Å². The molecule has 0 aliphatic heterocycles. The summed E-state index contributed by atoms with van der Waals surface area (Å²) >= 11 is 1.44. The molecule has 4 heteroatoms. The topological polar surface area (TPSA) is 46.0 Å². The van der Waals surface area contributed by atoms with E-state index < -0.39 is 6.10 Å². The van der Waals surface area contributed by atoms with Gasteiger partial charge in [-0.1, -0.05) is 46.1 Å². The van der Waals surface area contributed by atoms with Crippen molar-refractivity contribution in [2.45, 2.75) is 61.0 Å². The summed E-state index contributed by atoms with van der Waals surface area (Å²) < 4.78 is 0. The average molecular weight is 335 g/mol. The molecule has 1 unspecified atom stereocenters. The first-order chi connectivity index (χ1) is 11.0.